The number of rotatable bonds is 12. The van der Waals surface area contributed by atoms with E-state index in [-0.39, 0.29) is 30.8 Å². The lowest BCUT2D eigenvalue weighted by Crippen LogP contribution is -2.50. The van der Waals surface area contributed by atoms with Crippen LogP contribution in [0.1, 0.15) is 18.4 Å². The summed E-state index contributed by atoms with van der Waals surface area (Å²) in [5.41, 5.74) is 0.420. The van der Waals surface area contributed by atoms with E-state index >= 15 is 0 Å². The Balaban J connectivity index is 1.26. The minimum absolute atomic E-state index is 0.0293. The molecule has 1 aliphatic heterocycles. The number of ether oxygens (including phenoxy) is 2. The lowest BCUT2D eigenvalue weighted by Gasteiger charge is -2.29. The number of nitrogens with one attached hydrogen (secondary N) is 1. The normalized spacial score (nSPS) is 18.4. The van der Waals surface area contributed by atoms with E-state index in [0.29, 0.717) is 11.4 Å². The third-order valence-electron chi connectivity index (χ3n) is 7.24. The number of aliphatic hydroxyl groups excluding tert-OH is 2. The van der Waals surface area contributed by atoms with Crippen molar-refractivity contribution in [2.75, 3.05) is 25.1 Å². The Bertz CT molecular complexity index is 1560. The van der Waals surface area contributed by atoms with Gasteiger partial charge in [0.2, 0.25) is 5.91 Å². The fourth-order valence-corrected chi connectivity index (χ4v) is 4.70. The van der Waals surface area contributed by atoms with Crippen LogP contribution in [0.2, 0.25) is 0 Å². The molecular weight excluding hydrogens is 574 g/mol. The predicted octanol–water partition coefficient (Wildman–Crippen LogP) is 1.23. The van der Waals surface area contributed by atoms with E-state index in [0.717, 1.165) is 21.3 Å². The maximum absolute atomic E-state index is 12.7. The van der Waals surface area contributed by atoms with Gasteiger partial charge in [-0.05, 0) is 29.2 Å². The van der Waals surface area contributed by atoms with E-state index in [9.17, 15) is 34.5 Å². The summed E-state index contributed by atoms with van der Waals surface area (Å²) < 4.78 is 11.4. The first-order chi connectivity index (χ1) is 21.1. The van der Waals surface area contributed by atoms with Gasteiger partial charge in [0, 0.05) is 24.6 Å². The maximum atomic E-state index is 12.7. The van der Waals surface area contributed by atoms with Gasteiger partial charge in [-0.25, -0.2) is 20.2 Å². The number of aliphatic carboxylic acids is 1. The quantitative estimate of drug-likeness (QED) is 0.0856. The Hall–Kier alpha value is -4.89. The summed E-state index contributed by atoms with van der Waals surface area (Å²) in [4.78, 5) is 53.0. The Morgan fingerprint density at radius 2 is 1.84 bits per heavy atom. The maximum Gasteiger partial charge on any atom is 0.412 e. The number of aryl methyl sites for hydroxylation is 1. The summed E-state index contributed by atoms with van der Waals surface area (Å²) in [6.07, 6.45) is -0.917. The highest BCUT2D eigenvalue weighted by atomic mass is 16.6. The minimum Gasteiger partial charge on any atom is -0.480 e. The average Bonchev–Trinajstić information content (AvgIpc) is 3.31. The molecule has 14 heteroatoms. The van der Waals surface area contributed by atoms with Gasteiger partial charge >= 0.3 is 17.8 Å². The van der Waals surface area contributed by atoms with Crippen LogP contribution in [-0.2, 0) is 31.2 Å². The third-order valence-corrected chi connectivity index (χ3v) is 7.24. The molecule has 232 valence electrons. The average molecular weight is 608 g/mol. The second-order valence-corrected chi connectivity index (χ2v) is 10.0. The topological polar surface area (TPSA) is 207 Å². The number of benzene rings is 2. The van der Waals surface area contributed by atoms with Gasteiger partial charge in [-0.1, -0.05) is 61.2 Å². The largest absolute Gasteiger partial charge is 0.480 e. The van der Waals surface area contributed by atoms with Crippen molar-refractivity contribution in [2.24, 2.45) is 5.84 Å². The van der Waals surface area contributed by atoms with Crippen molar-refractivity contribution in [3.63, 3.8) is 0 Å². The number of carboxylic acids is 1. The number of carbonyl (C=O) groups excluding carboxylic acids is 2. The Morgan fingerprint density at radius 3 is 2.43 bits per heavy atom. The molecule has 1 saturated heterocycles. The molecule has 2 amide bonds. The zero-order chi connectivity index (χ0) is 31.9. The van der Waals surface area contributed by atoms with Gasteiger partial charge in [0.15, 0.2) is 5.72 Å². The molecule has 0 aliphatic carbocycles. The highest BCUT2D eigenvalue weighted by Gasteiger charge is 2.46. The second kappa shape index (κ2) is 14.1. The molecule has 3 atom stereocenters. The van der Waals surface area contributed by atoms with E-state index in [2.05, 4.69) is 16.9 Å². The fourth-order valence-electron chi connectivity index (χ4n) is 4.70. The summed E-state index contributed by atoms with van der Waals surface area (Å²) in [7, 11) is 0. The van der Waals surface area contributed by atoms with Crippen molar-refractivity contribution < 1.29 is 39.2 Å². The number of aromatic nitrogens is 2. The number of nitrogens with two attached hydrogens (primary N) is 1. The minimum atomic E-state index is -1.70. The Morgan fingerprint density at radius 1 is 1.16 bits per heavy atom. The van der Waals surface area contributed by atoms with Gasteiger partial charge in [-0.2, -0.15) is 4.98 Å². The number of hydrogen-bond donors (Lipinski definition) is 5. The lowest BCUT2D eigenvalue weighted by atomic mass is 10.0. The van der Waals surface area contributed by atoms with Crippen LogP contribution >= 0.6 is 0 Å². The molecule has 0 radical (unpaired) electrons. The molecule has 0 spiro atoms. The molecule has 44 heavy (non-hydrogen) atoms. The van der Waals surface area contributed by atoms with Crippen LogP contribution < -0.4 is 16.8 Å². The molecule has 0 unspecified atom stereocenters. The predicted molar refractivity (Wildman–Crippen MR) is 157 cm³/mol. The van der Waals surface area contributed by atoms with E-state index in [1.165, 1.54) is 12.3 Å². The molecule has 2 heterocycles. The molecule has 2 aromatic carbocycles. The number of carbonyl (C=O) groups is 3. The molecule has 0 saturated carbocycles. The number of aliphatic hydroxyl groups is 2. The number of hydrazine groups is 1. The lowest BCUT2D eigenvalue weighted by molar-refractivity contribution is -0.151. The highest BCUT2D eigenvalue weighted by molar-refractivity contribution is 5.84. The Kier molecular flexibility index (Phi) is 10.2. The molecule has 1 aromatic heterocycles. The van der Waals surface area contributed by atoms with Gasteiger partial charge in [-0.3, -0.25) is 19.7 Å². The molecule has 6 N–H and O–H groups in total. The van der Waals surface area contributed by atoms with Crippen LogP contribution in [-0.4, -0.2) is 79.8 Å². The van der Waals surface area contributed by atoms with Crippen molar-refractivity contribution in [1.29, 1.82) is 0 Å². The van der Waals surface area contributed by atoms with Gasteiger partial charge < -0.3 is 24.8 Å². The van der Waals surface area contributed by atoms with Crippen LogP contribution in [0.15, 0.2) is 83.8 Å². The molecule has 4 rings (SSSR count). The van der Waals surface area contributed by atoms with Gasteiger partial charge in [0.05, 0.1) is 19.8 Å². The molecule has 14 nitrogen and oxygen atoms in total. The van der Waals surface area contributed by atoms with E-state index in [1.54, 1.807) is 0 Å². The first-order valence-corrected chi connectivity index (χ1v) is 13.7. The molecule has 3 aromatic rings. The summed E-state index contributed by atoms with van der Waals surface area (Å²) in [5.74, 6) is 3.67. The summed E-state index contributed by atoms with van der Waals surface area (Å²) >= 11 is 0. The van der Waals surface area contributed by atoms with Gasteiger partial charge in [-0.15, -0.1) is 0 Å². The van der Waals surface area contributed by atoms with Crippen molar-refractivity contribution in [3.8, 4) is 11.1 Å². The van der Waals surface area contributed by atoms with Crippen LogP contribution in [0.25, 0.3) is 11.1 Å². The van der Waals surface area contributed by atoms with E-state index < -0.39 is 54.7 Å². The summed E-state index contributed by atoms with van der Waals surface area (Å²) in [6, 6.07) is 17.2. The second-order valence-electron chi connectivity index (χ2n) is 10.0. The number of carboxylic acid groups (broad SMARTS) is 1. The van der Waals surface area contributed by atoms with Gasteiger partial charge in [0.25, 0.3) is 0 Å². The number of anilines is 1. The SMILES string of the molecule is C=C1[C@@H](O)CO[C@]1(CO)n1ccc(NC(=O)OCC[C@H](C(=O)O)N(N)C(=O)CCc2ccc(-c3ccccc3)cc2)nc1=O. The highest BCUT2D eigenvalue weighted by Crippen LogP contribution is 2.34. The molecule has 1 fully saturated rings. The molecule has 0 bridgehead atoms. The van der Waals surface area contributed by atoms with E-state index in [4.69, 9.17) is 15.3 Å². The van der Waals surface area contributed by atoms with Crippen molar-refractivity contribution in [2.45, 2.75) is 37.1 Å². The monoisotopic (exact) mass is 607 g/mol. The molecular formula is C30H33N5O9. The number of nitrogens with zero attached hydrogens (tertiary/aromatic N) is 3. The third kappa shape index (κ3) is 7.18. The Labute approximate surface area is 251 Å². The first-order valence-electron chi connectivity index (χ1n) is 13.7. The van der Waals surface area contributed by atoms with Crippen LogP contribution in [0.4, 0.5) is 10.6 Å². The van der Waals surface area contributed by atoms with Crippen LogP contribution in [0, 0.1) is 0 Å². The number of amides is 2. The summed E-state index contributed by atoms with van der Waals surface area (Å²) in [5, 5.41) is 32.2. The van der Waals surface area contributed by atoms with Crippen LogP contribution in [0.3, 0.4) is 0 Å². The van der Waals surface area contributed by atoms with E-state index in [1.807, 2.05) is 54.6 Å². The fraction of sp³-hybridized carbons (Fsp3) is 0.300. The zero-order valence-corrected chi connectivity index (χ0v) is 23.7. The standard InChI is InChI=1S/C30H33N5O9/c1-19-24(37)17-44-30(19,18-36)34-15-13-25(32-28(34)41)33-29(42)43-16-14-23(27(39)40)35(31)26(38)12-9-20-7-10-22(11-8-20)21-5-3-2-4-6-21/h2-8,10-11,13,15,23-24,36-37H,1,9,12,14,16-18,31H2,(H,39,40)(H,32,33,41,42)/t23-,24+,30+/m1/s1. The molecule has 1 aliphatic rings. The first kappa shape index (κ1) is 32.0. The van der Waals surface area contributed by atoms with Crippen molar-refractivity contribution in [1.82, 2.24) is 14.6 Å². The van der Waals surface area contributed by atoms with Crippen molar-refractivity contribution >= 4 is 23.8 Å². The van der Waals surface area contributed by atoms with Crippen LogP contribution in [0.5, 0.6) is 0 Å². The number of hydrogen-bond acceptors (Lipinski definition) is 10. The zero-order valence-electron chi connectivity index (χ0n) is 23.7. The smallest absolute Gasteiger partial charge is 0.412 e. The summed E-state index contributed by atoms with van der Waals surface area (Å²) in [6.45, 7) is 2.40. The van der Waals surface area contributed by atoms with Crippen molar-refractivity contribution in [3.05, 3.63) is 95.1 Å². The van der Waals surface area contributed by atoms with Gasteiger partial charge in [0.1, 0.15) is 18.0 Å².